The van der Waals surface area contributed by atoms with Crippen LogP contribution in [0.4, 0.5) is 0 Å². The van der Waals surface area contributed by atoms with Crippen molar-refractivity contribution in [2.75, 3.05) is 0 Å². The van der Waals surface area contributed by atoms with Gasteiger partial charge in [-0.3, -0.25) is 4.98 Å². The van der Waals surface area contributed by atoms with E-state index in [1.807, 2.05) is 6.92 Å². The van der Waals surface area contributed by atoms with Gasteiger partial charge in [0, 0.05) is 11.6 Å². The fraction of sp³-hybridized carbons (Fsp3) is 0.100. The van der Waals surface area contributed by atoms with Crippen LogP contribution in [0.5, 0.6) is 0 Å². The first-order valence-electron chi connectivity index (χ1n) is 4.10. The van der Waals surface area contributed by atoms with E-state index in [1.165, 1.54) is 0 Å². The Labute approximate surface area is 110 Å². The number of benzene rings is 1. The highest BCUT2D eigenvalue weighted by Crippen LogP contribution is 2.38. The molecule has 0 saturated carbocycles. The normalized spacial score (nSPS) is 11.0. The van der Waals surface area contributed by atoms with E-state index in [1.54, 1.807) is 12.3 Å². The lowest BCUT2D eigenvalue weighted by Gasteiger charge is -2.08. The van der Waals surface area contributed by atoms with Gasteiger partial charge < -0.3 is 0 Å². The molecule has 0 aliphatic carbocycles. The molecule has 0 atom stereocenters. The van der Waals surface area contributed by atoms with Crippen LogP contribution in [-0.4, -0.2) is 4.98 Å². The largest absolute Gasteiger partial charge is 0.253 e. The van der Waals surface area contributed by atoms with Crippen LogP contribution in [0.25, 0.3) is 10.9 Å². The molecule has 15 heavy (non-hydrogen) atoms. The molecule has 1 nitrogen and oxygen atoms in total. The van der Waals surface area contributed by atoms with Crippen molar-refractivity contribution in [1.29, 1.82) is 0 Å². The van der Waals surface area contributed by atoms with Gasteiger partial charge in [0.25, 0.3) is 0 Å². The molecule has 2 rings (SSSR count). The summed E-state index contributed by atoms with van der Waals surface area (Å²) in [6, 6.07) is 1.78. The zero-order valence-electron chi connectivity index (χ0n) is 7.61. The molecular weight excluding hydrogens is 320 g/mol. The summed E-state index contributed by atoms with van der Waals surface area (Å²) in [4.78, 5) is 4.20. The molecule has 0 radical (unpaired) electrons. The molecule has 0 unspecified atom stereocenters. The number of rotatable bonds is 0. The Bertz CT molecular complexity index is 546. The summed E-state index contributed by atoms with van der Waals surface area (Å²) in [6.07, 6.45) is 1.61. The summed E-state index contributed by atoms with van der Waals surface area (Å²) < 4.78 is 0.709. The van der Waals surface area contributed by atoms with E-state index in [0.29, 0.717) is 30.4 Å². The van der Waals surface area contributed by atoms with E-state index in [-0.39, 0.29) is 0 Å². The van der Waals surface area contributed by atoms with Gasteiger partial charge in [-0.2, -0.15) is 0 Å². The second-order valence-electron chi connectivity index (χ2n) is 3.13. The van der Waals surface area contributed by atoms with Crippen molar-refractivity contribution < 1.29 is 0 Å². The number of aryl methyl sites for hydroxylation is 1. The van der Waals surface area contributed by atoms with Gasteiger partial charge in [0.05, 0.1) is 25.1 Å². The number of hydrogen-bond acceptors (Lipinski definition) is 1. The molecule has 0 saturated heterocycles. The van der Waals surface area contributed by atoms with Gasteiger partial charge in [-0.15, -0.1) is 0 Å². The standard InChI is InChI=1S/C10H5BrCl3N/c1-4-2-6(12)10-7(8(4)13)9(14)5(11)3-15-10/h2-3H,1H3. The summed E-state index contributed by atoms with van der Waals surface area (Å²) in [5.74, 6) is 0. The van der Waals surface area contributed by atoms with E-state index in [4.69, 9.17) is 34.8 Å². The fourth-order valence-electron chi connectivity index (χ4n) is 1.37. The highest BCUT2D eigenvalue weighted by Gasteiger charge is 2.13. The Morgan fingerprint density at radius 1 is 1.20 bits per heavy atom. The Kier molecular flexibility index (Phi) is 3.13. The van der Waals surface area contributed by atoms with Crippen LogP contribution >= 0.6 is 50.7 Å². The SMILES string of the molecule is Cc1cc(Cl)c2ncc(Br)c(Cl)c2c1Cl. The maximum Gasteiger partial charge on any atom is 0.0919 e. The lowest BCUT2D eigenvalue weighted by molar-refractivity contribution is 1.37. The molecule has 0 aliphatic heterocycles. The molecule has 0 spiro atoms. The van der Waals surface area contributed by atoms with Crippen molar-refractivity contribution >= 4 is 61.6 Å². The van der Waals surface area contributed by atoms with Gasteiger partial charge in [-0.1, -0.05) is 34.8 Å². The Morgan fingerprint density at radius 2 is 1.87 bits per heavy atom. The van der Waals surface area contributed by atoms with Gasteiger partial charge in [0.2, 0.25) is 0 Å². The molecule has 78 valence electrons. The van der Waals surface area contributed by atoms with E-state index < -0.39 is 0 Å². The predicted octanol–water partition coefficient (Wildman–Crippen LogP) is 5.27. The van der Waals surface area contributed by atoms with Gasteiger partial charge in [-0.05, 0) is 34.5 Å². The van der Waals surface area contributed by atoms with Crippen molar-refractivity contribution in [3.8, 4) is 0 Å². The van der Waals surface area contributed by atoms with Crippen molar-refractivity contribution in [2.45, 2.75) is 6.92 Å². The Morgan fingerprint density at radius 3 is 2.53 bits per heavy atom. The molecule has 1 aromatic carbocycles. The van der Waals surface area contributed by atoms with E-state index in [2.05, 4.69) is 20.9 Å². The lowest BCUT2D eigenvalue weighted by atomic mass is 10.1. The monoisotopic (exact) mass is 323 g/mol. The maximum atomic E-state index is 6.17. The average Bonchev–Trinajstić information content (AvgIpc) is 2.19. The first kappa shape index (κ1) is 11.5. The fourth-order valence-corrected chi connectivity index (χ4v) is 2.49. The first-order valence-corrected chi connectivity index (χ1v) is 6.03. The summed E-state index contributed by atoms with van der Waals surface area (Å²) in [6.45, 7) is 1.88. The van der Waals surface area contributed by atoms with Crippen LogP contribution < -0.4 is 0 Å². The maximum absolute atomic E-state index is 6.17. The summed E-state index contributed by atoms with van der Waals surface area (Å²) in [5, 5.41) is 2.38. The number of nitrogens with zero attached hydrogens (tertiary/aromatic N) is 1. The van der Waals surface area contributed by atoms with Crippen LogP contribution in [0.2, 0.25) is 15.1 Å². The molecule has 0 aliphatic rings. The molecular formula is C10H5BrCl3N. The number of hydrogen-bond donors (Lipinski definition) is 0. The minimum Gasteiger partial charge on any atom is -0.253 e. The minimum absolute atomic E-state index is 0.538. The number of aromatic nitrogens is 1. The molecule has 5 heteroatoms. The van der Waals surface area contributed by atoms with Crippen molar-refractivity contribution in [3.05, 3.63) is 37.4 Å². The Hall–Kier alpha value is -0.0200. The third kappa shape index (κ3) is 1.84. The van der Waals surface area contributed by atoms with Crippen molar-refractivity contribution in [3.63, 3.8) is 0 Å². The molecule has 0 fully saturated rings. The number of pyridine rings is 1. The first-order chi connectivity index (χ1) is 7.02. The average molecular weight is 325 g/mol. The minimum atomic E-state index is 0.538. The van der Waals surface area contributed by atoms with E-state index in [9.17, 15) is 0 Å². The lowest BCUT2D eigenvalue weighted by Crippen LogP contribution is -1.87. The third-order valence-corrected chi connectivity index (χ3v) is 4.11. The molecule has 0 bridgehead atoms. The highest BCUT2D eigenvalue weighted by atomic mass is 79.9. The smallest absolute Gasteiger partial charge is 0.0919 e. The van der Waals surface area contributed by atoms with Crippen molar-refractivity contribution in [1.82, 2.24) is 4.98 Å². The van der Waals surface area contributed by atoms with Crippen LogP contribution in [0.3, 0.4) is 0 Å². The zero-order chi connectivity index (χ0) is 11.2. The molecule has 0 amide bonds. The second kappa shape index (κ2) is 4.10. The second-order valence-corrected chi connectivity index (χ2v) is 5.15. The summed E-state index contributed by atoms with van der Waals surface area (Å²) in [5.41, 5.74) is 1.51. The highest BCUT2D eigenvalue weighted by molar-refractivity contribution is 9.10. The van der Waals surface area contributed by atoms with E-state index in [0.717, 1.165) is 5.56 Å². The molecule has 0 N–H and O–H groups in total. The van der Waals surface area contributed by atoms with Gasteiger partial charge in [0.15, 0.2) is 0 Å². The molecule has 1 heterocycles. The zero-order valence-corrected chi connectivity index (χ0v) is 11.5. The number of fused-ring (bicyclic) bond motifs is 1. The summed E-state index contributed by atoms with van der Waals surface area (Å²) in [7, 11) is 0. The van der Waals surface area contributed by atoms with Crippen molar-refractivity contribution in [2.24, 2.45) is 0 Å². The van der Waals surface area contributed by atoms with E-state index >= 15 is 0 Å². The quantitative estimate of drug-likeness (QED) is 0.643. The van der Waals surface area contributed by atoms with Crippen LogP contribution in [0.15, 0.2) is 16.7 Å². The van der Waals surface area contributed by atoms with Crippen LogP contribution in [0, 0.1) is 6.92 Å². The molecule has 1 aromatic heterocycles. The Balaban J connectivity index is 3.04. The molecule has 2 aromatic rings. The predicted molar refractivity (Wildman–Crippen MR) is 69.2 cm³/mol. The van der Waals surface area contributed by atoms with Crippen LogP contribution in [-0.2, 0) is 0 Å². The third-order valence-electron chi connectivity index (χ3n) is 2.11. The van der Waals surface area contributed by atoms with Gasteiger partial charge in [-0.25, -0.2) is 0 Å². The van der Waals surface area contributed by atoms with Gasteiger partial charge >= 0.3 is 0 Å². The topological polar surface area (TPSA) is 12.9 Å². The number of halogens is 4. The van der Waals surface area contributed by atoms with Crippen LogP contribution in [0.1, 0.15) is 5.56 Å². The summed E-state index contributed by atoms with van der Waals surface area (Å²) >= 11 is 21.7. The van der Waals surface area contributed by atoms with Gasteiger partial charge in [0.1, 0.15) is 0 Å².